The number of imidazole rings is 2. The van der Waals surface area contributed by atoms with E-state index in [0.29, 0.717) is 21.7 Å². The fraction of sp³-hybridized carbons (Fsp3) is 0.154. The number of nitrogens with zero attached hydrogens (tertiary/aromatic N) is 2. The molecule has 0 aliphatic heterocycles. The first-order valence-corrected chi connectivity index (χ1v) is 13.3. The first-order chi connectivity index (χ1) is 17.4. The number of carbonyl (C=O) groups excluding carboxylic acids is 2. The number of hydrogen-bond donors (Lipinski definition) is 4. The van der Waals surface area contributed by atoms with E-state index in [4.69, 9.17) is 0 Å². The van der Waals surface area contributed by atoms with Crippen molar-refractivity contribution in [1.82, 2.24) is 19.9 Å². The molecule has 0 aliphatic carbocycles. The van der Waals surface area contributed by atoms with E-state index < -0.39 is 0 Å². The molecule has 0 radical (unpaired) electrons. The van der Waals surface area contributed by atoms with E-state index in [1.807, 2.05) is 62.4 Å². The molecule has 10 heteroatoms. The number of rotatable bonds is 8. The number of aryl methyl sites for hydroxylation is 2. The summed E-state index contributed by atoms with van der Waals surface area (Å²) in [5.41, 5.74) is 7.00. The molecule has 8 nitrogen and oxygen atoms in total. The third kappa shape index (κ3) is 5.72. The molecule has 0 unspecified atom stereocenters. The van der Waals surface area contributed by atoms with E-state index in [0.717, 1.165) is 33.2 Å². The van der Waals surface area contributed by atoms with Crippen LogP contribution in [0.25, 0.3) is 22.1 Å². The summed E-state index contributed by atoms with van der Waals surface area (Å²) < 4.78 is 0. The van der Waals surface area contributed by atoms with E-state index in [1.165, 1.54) is 23.5 Å². The molecule has 0 aliphatic rings. The van der Waals surface area contributed by atoms with Crippen LogP contribution in [0.2, 0.25) is 0 Å². The highest BCUT2D eigenvalue weighted by Gasteiger charge is 2.13. The number of nitrogens with one attached hydrogen (secondary N) is 4. The third-order valence-corrected chi connectivity index (χ3v) is 7.13. The molecule has 4 N–H and O–H groups in total. The third-order valence-electron chi connectivity index (χ3n) is 5.39. The van der Waals surface area contributed by atoms with Crippen molar-refractivity contribution in [2.45, 2.75) is 24.2 Å². The fourth-order valence-electron chi connectivity index (χ4n) is 3.68. The summed E-state index contributed by atoms with van der Waals surface area (Å²) in [4.78, 5) is 40.7. The van der Waals surface area contributed by atoms with Crippen LogP contribution in [0.3, 0.4) is 0 Å². The summed E-state index contributed by atoms with van der Waals surface area (Å²) in [7, 11) is 0. The molecule has 3 aromatic carbocycles. The first-order valence-electron chi connectivity index (χ1n) is 11.3. The molecule has 0 atom stereocenters. The average molecular weight is 517 g/mol. The molecule has 182 valence electrons. The van der Waals surface area contributed by atoms with Crippen LogP contribution in [0.5, 0.6) is 0 Å². The lowest BCUT2D eigenvalue weighted by atomic mass is 10.2. The highest BCUT2D eigenvalue weighted by Crippen LogP contribution is 2.25. The lowest BCUT2D eigenvalue weighted by molar-refractivity contribution is -0.114. The number of amides is 2. The van der Waals surface area contributed by atoms with Gasteiger partial charge >= 0.3 is 0 Å². The zero-order valence-electron chi connectivity index (χ0n) is 19.7. The summed E-state index contributed by atoms with van der Waals surface area (Å²) in [6.07, 6.45) is 0. The van der Waals surface area contributed by atoms with Gasteiger partial charge in [0, 0.05) is 0 Å². The van der Waals surface area contributed by atoms with E-state index in [1.54, 1.807) is 12.1 Å². The molecule has 0 spiro atoms. The van der Waals surface area contributed by atoms with Gasteiger partial charge in [0.1, 0.15) is 0 Å². The molecule has 0 saturated heterocycles. The van der Waals surface area contributed by atoms with Crippen molar-refractivity contribution in [3.05, 3.63) is 71.8 Å². The largest absolute Gasteiger partial charge is 0.333 e. The van der Waals surface area contributed by atoms with Crippen LogP contribution in [0.4, 0.5) is 11.4 Å². The molecule has 5 aromatic rings. The second-order valence-corrected chi connectivity index (χ2v) is 10.3. The maximum absolute atomic E-state index is 12.6. The molecular weight excluding hydrogens is 492 g/mol. The standard InChI is InChI=1S/C26H24N6O2S2/c1-15-7-9-19-21(11-15)31-25(29-19)35-13-23(33)27-17-5-3-4-6-18(17)28-24(34)14-36-26-30-20-10-8-16(2)12-22(20)32-26/h3-12H,13-14H2,1-2H3,(H,27,33)(H,28,34)(H,29,31)(H,30,32). The molecule has 36 heavy (non-hydrogen) atoms. The van der Waals surface area contributed by atoms with Gasteiger partial charge in [-0.1, -0.05) is 47.8 Å². The molecule has 2 aromatic heterocycles. The minimum Gasteiger partial charge on any atom is -0.333 e. The fourth-order valence-corrected chi connectivity index (χ4v) is 5.05. The second-order valence-electron chi connectivity index (χ2n) is 8.34. The zero-order valence-corrected chi connectivity index (χ0v) is 21.3. The van der Waals surface area contributed by atoms with Gasteiger partial charge < -0.3 is 20.6 Å². The molecule has 0 saturated carbocycles. The number of carbonyl (C=O) groups is 2. The highest BCUT2D eigenvalue weighted by molar-refractivity contribution is 8.00. The topological polar surface area (TPSA) is 116 Å². The number of fused-ring (bicyclic) bond motifs is 2. The van der Waals surface area contributed by atoms with Crippen LogP contribution in [0, 0.1) is 13.8 Å². The van der Waals surface area contributed by atoms with E-state index in [-0.39, 0.29) is 23.3 Å². The molecule has 2 amide bonds. The SMILES string of the molecule is Cc1ccc2nc(SCC(=O)Nc3ccccc3NC(=O)CSc3nc4ccc(C)cc4[nH]3)[nH]c2c1. The van der Waals surface area contributed by atoms with Crippen molar-refractivity contribution in [3.8, 4) is 0 Å². The van der Waals surface area contributed by atoms with Gasteiger partial charge in [-0.25, -0.2) is 9.97 Å². The van der Waals surface area contributed by atoms with Crippen molar-refractivity contribution >= 4 is 68.8 Å². The Labute approximate surface area is 216 Å². The van der Waals surface area contributed by atoms with E-state index in [2.05, 4.69) is 30.6 Å². The van der Waals surface area contributed by atoms with Gasteiger partial charge in [-0.15, -0.1) is 0 Å². The van der Waals surface area contributed by atoms with Crippen LogP contribution in [-0.4, -0.2) is 43.3 Å². The summed E-state index contributed by atoms with van der Waals surface area (Å²) in [5, 5.41) is 7.14. The maximum atomic E-state index is 12.6. The van der Waals surface area contributed by atoms with Crippen LogP contribution in [0.1, 0.15) is 11.1 Å². The number of thioether (sulfide) groups is 2. The van der Waals surface area contributed by atoms with Gasteiger partial charge in [0.2, 0.25) is 11.8 Å². The number of anilines is 2. The van der Waals surface area contributed by atoms with Gasteiger partial charge in [-0.05, 0) is 61.4 Å². The number of para-hydroxylation sites is 2. The monoisotopic (exact) mass is 516 g/mol. The summed E-state index contributed by atoms with van der Waals surface area (Å²) >= 11 is 2.66. The minimum atomic E-state index is -0.190. The number of aromatic amines is 2. The van der Waals surface area contributed by atoms with Crippen molar-refractivity contribution in [2.75, 3.05) is 22.1 Å². The van der Waals surface area contributed by atoms with E-state index >= 15 is 0 Å². The van der Waals surface area contributed by atoms with Gasteiger partial charge in [0.05, 0.1) is 44.9 Å². The molecule has 0 bridgehead atoms. The van der Waals surface area contributed by atoms with Crippen LogP contribution < -0.4 is 10.6 Å². The number of hydrogen-bond acceptors (Lipinski definition) is 6. The highest BCUT2D eigenvalue weighted by atomic mass is 32.2. The molecule has 0 fully saturated rings. The van der Waals surface area contributed by atoms with Crippen LogP contribution in [-0.2, 0) is 9.59 Å². The van der Waals surface area contributed by atoms with Crippen molar-refractivity contribution in [2.24, 2.45) is 0 Å². The van der Waals surface area contributed by atoms with Gasteiger partial charge in [0.15, 0.2) is 10.3 Å². The Morgan fingerprint density at radius 1 is 0.722 bits per heavy atom. The Bertz CT molecular complexity index is 1460. The molecule has 2 heterocycles. The zero-order chi connectivity index (χ0) is 25.1. The Kier molecular flexibility index (Phi) is 6.97. The Hall–Kier alpha value is -3.76. The maximum Gasteiger partial charge on any atom is 0.234 e. The lowest BCUT2D eigenvalue weighted by Crippen LogP contribution is -2.19. The van der Waals surface area contributed by atoms with Gasteiger partial charge in [-0.2, -0.15) is 0 Å². The van der Waals surface area contributed by atoms with Crippen molar-refractivity contribution in [3.63, 3.8) is 0 Å². The van der Waals surface area contributed by atoms with Crippen molar-refractivity contribution in [1.29, 1.82) is 0 Å². The Balaban J connectivity index is 1.16. The van der Waals surface area contributed by atoms with Crippen LogP contribution >= 0.6 is 23.5 Å². The Morgan fingerprint density at radius 2 is 1.17 bits per heavy atom. The normalized spacial score (nSPS) is 11.2. The lowest BCUT2D eigenvalue weighted by Gasteiger charge is -2.11. The number of benzene rings is 3. The van der Waals surface area contributed by atoms with Crippen molar-refractivity contribution < 1.29 is 9.59 Å². The Morgan fingerprint density at radius 3 is 1.61 bits per heavy atom. The second kappa shape index (κ2) is 10.5. The first kappa shape index (κ1) is 24.0. The summed E-state index contributed by atoms with van der Waals surface area (Å²) in [6, 6.07) is 19.1. The van der Waals surface area contributed by atoms with Gasteiger partial charge in [0.25, 0.3) is 0 Å². The van der Waals surface area contributed by atoms with Crippen LogP contribution in [0.15, 0.2) is 71.0 Å². The molecule has 5 rings (SSSR count). The average Bonchev–Trinajstić information content (AvgIpc) is 3.45. The minimum absolute atomic E-state index is 0.183. The van der Waals surface area contributed by atoms with Gasteiger partial charge in [-0.3, -0.25) is 9.59 Å². The summed E-state index contributed by atoms with van der Waals surface area (Å²) in [6.45, 7) is 4.05. The quantitative estimate of drug-likeness (QED) is 0.202. The predicted octanol–water partition coefficient (Wildman–Crippen LogP) is 5.52. The smallest absolute Gasteiger partial charge is 0.234 e. The predicted molar refractivity (Wildman–Crippen MR) is 147 cm³/mol. The summed E-state index contributed by atoms with van der Waals surface area (Å²) in [5.74, 6) is -0.0131. The number of aromatic nitrogens is 4. The molecular formula is C26H24N6O2S2. The number of H-pyrrole nitrogens is 2. The van der Waals surface area contributed by atoms with E-state index in [9.17, 15) is 9.59 Å².